The molecule has 0 spiro atoms. The third kappa shape index (κ3) is 2.47. The normalized spacial score (nSPS) is 14.6. The minimum atomic E-state index is 0.136. The summed E-state index contributed by atoms with van der Waals surface area (Å²) >= 11 is 0. The highest BCUT2D eigenvalue weighted by atomic mass is 16.5. The van der Waals surface area contributed by atoms with Crippen molar-refractivity contribution < 1.29 is 9.84 Å². The molecule has 4 heteroatoms. The van der Waals surface area contributed by atoms with Crippen LogP contribution < -0.4 is 5.32 Å². The van der Waals surface area contributed by atoms with Gasteiger partial charge in [-0.1, -0.05) is 0 Å². The number of hydrogen-bond donors (Lipinski definition) is 2. The highest BCUT2D eigenvalue weighted by molar-refractivity contribution is 5.95. The average Bonchev–Trinajstić information content (AvgIpc) is 2.80. The molecule has 0 saturated carbocycles. The lowest BCUT2D eigenvalue weighted by molar-refractivity contribution is 0.311. The standard InChI is InChI=1S/C11H14N2O2/c14-7-5-12-10-3-1-9(2-4-10)11-13-6-8-15-11/h1-4,12,14H,5-8H2. The van der Waals surface area contributed by atoms with Crippen LogP contribution in [0.4, 0.5) is 5.69 Å². The van der Waals surface area contributed by atoms with Gasteiger partial charge in [0, 0.05) is 17.8 Å². The minimum Gasteiger partial charge on any atom is -0.476 e. The summed E-state index contributed by atoms with van der Waals surface area (Å²) in [6.45, 7) is 2.13. The van der Waals surface area contributed by atoms with Gasteiger partial charge in [0.05, 0.1) is 13.2 Å². The quantitative estimate of drug-likeness (QED) is 0.768. The molecule has 2 N–H and O–H groups in total. The summed E-state index contributed by atoms with van der Waals surface area (Å²) in [5, 5.41) is 11.7. The molecule has 4 nitrogen and oxygen atoms in total. The smallest absolute Gasteiger partial charge is 0.216 e. The van der Waals surface area contributed by atoms with E-state index in [1.165, 1.54) is 0 Å². The van der Waals surface area contributed by atoms with Crippen molar-refractivity contribution in [1.82, 2.24) is 0 Å². The number of nitrogens with zero attached hydrogens (tertiary/aromatic N) is 1. The van der Waals surface area contributed by atoms with Crippen molar-refractivity contribution in [2.75, 3.05) is 31.6 Å². The second kappa shape index (κ2) is 4.79. The van der Waals surface area contributed by atoms with E-state index in [-0.39, 0.29) is 6.61 Å². The molecule has 2 rings (SSSR count). The minimum absolute atomic E-state index is 0.136. The zero-order valence-electron chi connectivity index (χ0n) is 8.44. The molecule has 15 heavy (non-hydrogen) atoms. The predicted octanol–water partition coefficient (Wildman–Crippen LogP) is 0.868. The maximum absolute atomic E-state index is 8.65. The van der Waals surface area contributed by atoms with Gasteiger partial charge in [-0.25, -0.2) is 4.99 Å². The molecule has 0 amide bonds. The van der Waals surface area contributed by atoms with Gasteiger partial charge in [0.25, 0.3) is 0 Å². The Kier molecular flexibility index (Phi) is 3.19. The van der Waals surface area contributed by atoms with E-state index in [9.17, 15) is 0 Å². The van der Waals surface area contributed by atoms with Crippen LogP contribution in [0.25, 0.3) is 0 Å². The summed E-state index contributed by atoms with van der Waals surface area (Å²) in [5.41, 5.74) is 1.99. The van der Waals surface area contributed by atoms with Crippen LogP contribution >= 0.6 is 0 Å². The van der Waals surface area contributed by atoms with Gasteiger partial charge in [-0.2, -0.15) is 0 Å². The van der Waals surface area contributed by atoms with E-state index in [0.717, 1.165) is 23.7 Å². The molecular weight excluding hydrogens is 192 g/mol. The second-order valence-electron chi connectivity index (χ2n) is 3.26. The highest BCUT2D eigenvalue weighted by Crippen LogP contribution is 2.12. The van der Waals surface area contributed by atoms with Crippen LogP contribution in [0.3, 0.4) is 0 Å². The predicted molar refractivity (Wildman–Crippen MR) is 59.4 cm³/mol. The number of hydrogen-bond acceptors (Lipinski definition) is 4. The Morgan fingerprint density at radius 1 is 1.33 bits per heavy atom. The van der Waals surface area contributed by atoms with E-state index in [2.05, 4.69) is 10.3 Å². The fourth-order valence-corrected chi connectivity index (χ4v) is 1.44. The van der Waals surface area contributed by atoms with Crippen molar-refractivity contribution in [1.29, 1.82) is 0 Å². The Hall–Kier alpha value is -1.55. The molecule has 0 aromatic heterocycles. The van der Waals surface area contributed by atoms with Gasteiger partial charge in [-0.05, 0) is 24.3 Å². The second-order valence-corrected chi connectivity index (χ2v) is 3.26. The summed E-state index contributed by atoms with van der Waals surface area (Å²) in [6.07, 6.45) is 0. The zero-order valence-corrected chi connectivity index (χ0v) is 8.44. The van der Waals surface area contributed by atoms with E-state index >= 15 is 0 Å². The van der Waals surface area contributed by atoms with E-state index in [1.54, 1.807) is 0 Å². The number of nitrogens with one attached hydrogen (secondary N) is 1. The van der Waals surface area contributed by atoms with Gasteiger partial charge in [-0.3, -0.25) is 0 Å². The molecule has 0 aliphatic carbocycles. The first-order valence-corrected chi connectivity index (χ1v) is 5.02. The van der Waals surface area contributed by atoms with Crippen molar-refractivity contribution in [2.24, 2.45) is 4.99 Å². The Morgan fingerprint density at radius 3 is 2.73 bits per heavy atom. The van der Waals surface area contributed by atoms with Crippen LogP contribution in [0, 0.1) is 0 Å². The van der Waals surface area contributed by atoms with Crippen LogP contribution in [-0.2, 0) is 4.74 Å². The van der Waals surface area contributed by atoms with Crippen molar-refractivity contribution in [3.05, 3.63) is 29.8 Å². The third-order valence-corrected chi connectivity index (χ3v) is 2.16. The molecule has 1 aromatic carbocycles. The number of aliphatic hydroxyl groups excluding tert-OH is 1. The first-order valence-electron chi connectivity index (χ1n) is 5.02. The monoisotopic (exact) mass is 206 g/mol. The number of aliphatic imine (C=N–C) groups is 1. The van der Waals surface area contributed by atoms with Gasteiger partial charge in [0.2, 0.25) is 5.90 Å². The van der Waals surface area contributed by atoms with Gasteiger partial charge in [-0.15, -0.1) is 0 Å². The molecule has 0 atom stereocenters. The molecular formula is C11H14N2O2. The highest BCUT2D eigenvalue weighted by Gasteiger charge is 2.09. The number of benzene rings is 1. The maximum Gasteiger partial charge on any atom is 0.216 e. The summed E-state index contributed by atoms with van der Waals surface area (Å²) in [7, 11) is 0. The van der Waals surface area contributed by atoms with Crippen molar-refractivity contribution in [2.45, 2.75) is 0 Å². The lowest BCUT2D eigenvalue weighted by Gasteiger charge is -2.05. The molecule has 1 aliphatic rings. The molecule has 0 fully saturated rings. The first-order chi connectivity index (χ1) is 7.40. The van der Waals surface area contributed by atoms with Gasteiger partial charge in [0.15, 0.2) is 0 Å². The van der Waals surface area contributed by atoms with Gasteiger partial charge in [0.1, 0.15) is 6.61 Å². The van der Waals surface area contributed by atoms with Crippen LogP contribution in [-0.4, -0.2) is 37.3 Å². The van der Waals surface area contributed by atoms with Crippen molar-refractivity contribution in [3.8, 4) is 0 Å². The summed E-state index contributed by atoms with van der Waals surface area (Å²) < 4.78 is 5.35. The lowest BCUT2D eigenvalue weighted by atomic mass is 10.2. The van der Waals surface area contributed by atoms with Crippen LogP contribution in [0.5, 0.6) is 0 Å². The lowest BCUT2D eigenvalue weighted by Crippen LogP contribution is -2.06. The molecule has 1 aromatic rings. The molecule has 1 heterocycles. The van der Waals surface area contributed by atoms with E-state index in [0.29, 0.717) is 13.2 Å². The molecule has 0 saturated heterocycles. The summed E-state index contributed by atoms with van der Waals surface area (Å²) in [6, 6.07) is 7.83. The zero-order chi connectivity index (χ0) is 10.5. The van der Waals surface area contributed by atoms with Gasteiger partial charge < -0.3 is 15.2 Å². The largest absolute Gasteiger partial charge is 0.476 e. The first kappa shape index (κ1) is 9.98. The van der Waals surface area contributed by atoms with E-state index < -0.39 is 0 Å². The van der Waals surface area contributed by atoms with Crippen molar-refractivity contribution in [3.63, 3.8) is 0 Å². The van der Waals surface area contributed by atoms with Crippen LogP contribution in [0.1, 0.15) is 5.56 Å². The Bertz CT molecular complexity index is 346. The van der Waals surface area contributed by atoms with E-state index in [1.807, 2.05) is 24.3 Å². The van der Waals surface area contributed by atoms with Crippen LogP contribution in [0.2, 0.25) is 0 Å². The topological polar surface area (TPSA) is 53.8 Å². The fourth-order valence-electron chi connectivity index (χ4n) is 1.44. The third-order valence-electron chi connectivity index (χ3n) is 2.16. The molecule has 0 radical (unpaired) electrons. The Balaban J connectivity index is 2.03. The van der Waals surface area contributed by atoms with E-state index in [4.69, 9.17) is 9.84 Å². The fraction of sp³-hybridized carbons (Fsp3) is 0.364. The summed E-state index contributed by atoms with van der Waals surface area (Å²) in [5.74, 6) is 0.726. The number of aliphatic hydroxyl groups is 1. The molecule has 1 aliphatic heterocycles. The SMILES string of the molecule is OCCNc1ccc(C2=NCCO2)cc1. The number of ether oxygens (including phenoxy) is 1. The maximum atomic E-state index is 8.65. The van der Waals surface area contributed by atoms with Gasteiger partial charge >= 0.3 is 0 Å². The molecule has 80 valence electrons. The number of rotatable bonds is 4. The number of anilines is 1. The average molecular weight is 206 g/mol. The molecule has 0 unspecified atom stereocenters. The molecule has 0 bridgehead atoms. The summed E-state index contributed by atoms with van der Waals surface area (Å²) in [4.78, 5) is 4.23. The Morgan fingerprint density at radius 2 is 2.13 bits per heavy atom. The van der Waals surface area contributed by atoms with Crippen molar-refractivity contribution >= 4 is 11.6 Å². The van der Waals surface area contributed by atoms with Crippen LogP contribution in [0.15, 0.2) is 29.3 Å². The Labute approximate surface area is 88.6 Å².